The number of ether oxygens (including phenoxy) is 1. The first-order valence-electron chi connectivity index (χ1n) is 12.1. The summed E-state index contributed by atoms with van der Waals surface area (Å²) in [7, 11) is 1.88. The van der Waals surface area contributed by atoms with Crippen molar-refractivity contribution in [3.63, 3.8) is 0 Å². The van der Waals surface area contributed by atoms with Gasteiger partial charge in [-0.25, -0.2) is 4.68 Å². The summed E-state index contributed by atoms with van der Waals surface area (Å²) in [6.07, 6.45) is 6.94. The molecule has 1 unspecified atom stereocenters. The second kappa shape index (κ2) is 11.7. The van der Waals surface area contributed by atoms with E-state index in [4.69, 9.17) is 20.6 Å². The zero-order chi connectivity index (χ0) is 24.7. The van der Waals surface area contributed by atoms with Crippen molar-refractivity contribution >= 4 is 11.5 Å². The van der Waals surface area contributed by atoms with Gasteiger partial charge in [-0.05, 0) is 56.5 Å². The van der Waals surface area contributed by atoms with Gasteiger partial charge in [0.05, 0.1) is 17.3 Å². The zero-order valence-electron chi connectivity index (χ0n) is 21.0. The van der Waals surface area contributed by atoms with E-state index in [1.54, 1.807) is 10.7 Å². The van der Waals surface area contributed by atoms with Gasteiger partial charge in [0.2, 0.25) is 5.88 Å². The molecule has 1 aromatic heterocycles. The van der Waals surface area contributed by atoms with Crippen LogP contribution in [0, 0.1) is 17.2 Å². The third-order valence-corrected chi connectivity index (χ3v) is 6.04. The third kappa shape index (κ3) is 5.75. The topological polar surface area (TPSA) is 92.5 Å². The van der Waals surface area contributed by atoms with Gasteiger partial charge in [-0.3, -0.25) is 4.99 Å². The maximum Gasteiger partial charge on any atom is 0.219 e. The molecule has 34 heavy (non-hydrogen) atoms. The number of hydrogen-bond acceptors (Lipinski definition) is 6. The number of nitrogens with two attached hydrogens (primary N) is 1. The summed E-state index contributed by atoms with van der Waals surface area (Å²) in [6.45, 7) is 11.1. The number of aliphatic imine (C=N–C) groups is 1. The number of allylic oxidation sites excluding steroid dienone is 2. The van der Waals surface area contributed by atoms with E-state index in [0.717, 1.165) is 55.0 Å². The van der Waals surface area contributed by atoms with Crippen LogP contribution in [0.2, 0.25) is 0 Å². The predicted molar refractivity (Wildman–Crippen MR) is 138 cm³/mol. The Morgan fingerprint density at radius 2 is 1.94 bits per heavy atom. The van der Waals surface area contributed by atoms with Gasteiger partial charge in [0.1, 0.15) is 5.75 Å². The average Bonchev–Trinajstić information content (AvgIpc) is 3.12. The maximum absolute atomic E-state index is 9.52. The number of nitrogens with zero attached hydrogens (tertiary/aromatic N) is 5. The number of nitriles is 1. The van der Waals surface area contributed by atoms with E-state index in [1.165, 1.54) is 5.57 Å². The molecule has 1 aliphatic rings. The van der Waals surface area contributed by atoms with Crippen LogP contribution in [0.4, 0.5) is 5.82 Å². The molecule has 180 valence electrons. The molecule has 0 aliphatic carbocycles. The smallest absolute Gasteiger partial charge is 0.219 e. The second-order valence-corrected chi connectivity index (χ2v) is 8.74. The van der Waals surface area contributed by atoms with Crippen molar-refractivity contribution in [1.29, 1.82) is 5.26 Å². The summed E-state index contributed by atoms with van der Waals surface area (Å²) in [6, 6.07) is 9.71. The van der Waals surface area contributed by atoms with E-state index in [9.17, 15) is 5.26 Å². The number of aryl methyl sites for hydroxylation is 1. The molecule has 2 heterocycles. The van der Waals surface area contributed by atoms with Crippen LogP contribution in [0.25, 0.3) is 0 Å². The van der Waals surface area contributed by atoms with Gasteiger partial charge in [-0.15, -0.1) is 0 Å². The van der Waals surface area contributed by atoms with E-state index in [0.29, 0.717) is 23.7 Å². The normalized spacial score (nSPS) is 15.7. The molecule has 7 heteroatoms. The zero-order valence-corrected chi connectivity index (χ0v) is 21.0. The van der Waals surface area contributed by atoms with Gasteiger partial charge in [-0.2, -0.15) is 10.4 Å². The van der Waals surface area contributed by atoms with Crippen LogP contribution in [0.15, 0.2) is 52.7 Å². The second-order valence-electron chi connectivity index (χ2n) is 8.74. The van der Waals surface area contributed by atoms with Crippen molar-refractivity contribution in [2.75, 3.05) is 24.5 Å². The molecule has 0 amide bonds. The van der Waals surface area contributed by atoms with Crippen molar-refractivity contribution in [3.8, 4) is 17.7 Å². The van der Waals surface area contributed by atoms with E-state index < -0.39 is 0 Å². The molecule has 1 atom stereocenters. The fourth-order valence-electron chi connectivity index (χ4n) is 4.11. The summed E-state index contributed by atoms with van der Waals surface area (Å²) in [4.78, 5) is 7.11. The molecule has 1 aromatic carbocycles. The molecule has 0 spiro atoms. The minimum absolute atomic E-state index is 0.0912. The molecule has 1 aliphatic heterocycles. The SMILES string of the molecule is CCCN(CCC)c1cc(Oc2cc(C#N)ccc2C2=NC=C(CCN)C=C(C)C2C)n(C)n1. The van der Waals surface area contributed by atoms with E-state index in [2.05, 4.69) is 44.7 Å². The van der Waals surface area contributed by atoms with Crippen LogP contribution in [-0.4, -0.2) is 35.1 Å². The summed E-state index contributed by atoms with van der Waals surface area (Å²) < 4.78 is 8.15. The highest BCUT2D eigenvalue weighted by Gasteiger charge is 2.22. The van der Waals surface area contributed by atoms with Gasteiger partial charge >= 0.3 is 0 Å². The largest absolute Gasteiger partial charge is 0.438 e. The molecule has 2 N–H and O–H groups in total. The minimum Gasteiger partial charge on any atom is -0.438 e. The lowest BCUT2D eigenvalue weighted by atomic mass is 9.90. The summed E-state index contributed by atoms with van der Waals surface area (Å²) in [5.74, 6) is 2.21. The quantitative estimate of drug-likeness (QED) is 0.517. The first-order valence-corrected chi connectivity index (χ1v) is 12.1. The monoisotopic (exact) mass is 460 g/mol. The minimum atomic E-state index is 0.0912. The van der Waals surface area contributed by atoms with Crippen LogP contribution in [0.3, 0.4) is 0 Å². The van der Waals surface area contributed by atoms with Crippen LogP contribution in [-0.2, 0) is 7.05 Å². The van der Waals surface area contributed by atoms with Gasteiger partial charge < -0.3 is 15.4 Å². The molecule has 0 fully saturated rings. The molecule has 0 saturated heterocycles. The molecule has 2 aromatic rings. The van der Waals surface area contributed by atoms with Crippen molar-refractivity contribution in [1.82, 2.24) is 9.78 Å². The fraction of sp³-hybridized carbons (Fsp3) is 0.444. The standard InChI is InChI=1S/C27H36N6O/c1-6-12-33(13-7-2)25-16-26(32(5)31-25)34-24-15-21(17-29)8-9-23(24)27-20(4)19(3)14-22(10-11-28)18-30-27/h8-9,14-16,18,20H,6-7,10-13,28H2,1-5H3. The number of anilines is 1. The van der Waals surface area contributed by atoms with Crippen molar-refractivity contribution in [2.24, 2.45) is 23.7 Å². The summed E-state index contributed by atoms with van der Waals surface area (Å²) >= 11 is 0. The van der Waals surface area contributed by atoms with Gasteiger partial charge in [0.15, 0.2) is 5.82 Å². The average molecular weight is 461 g/mol. The Balaban J connectivity index is 2.03. The van der Waals surface area contributed by atoms with Crippen LogP contribution in [0.1, 0.15) is 58.1 Å². The van der Waals surface area contributed by atoms with Gasteiger partial charge in [-0.1, -0.05) is 32.4 Å². The highest BCUT2D eigenvalue weighted by molar-refractivity contribution is 6.06. The number of hydrogen-bond donors (Lipinski definition) is 1. The maximum atomic E-state index is 9.52. The Bertz CT molecular complexity index is 1130. The molecule has 0 radical (unpaired) electrons. The molecular formula is C27H36N6O. The molecule has 7 nitrogen and oxygen atoms in total. The summed E-state index contributed by atoms with van der Waals surface area (Å²) in [5.41, 5.74) is 10.4. The Labute approximate surface area is 203 Å². The van der Waals surface area contributed by atoms with Crippen molar-refractivity contribution < 1.29 is 4.74 Å². The molecule has 0 bridgehead atoms. The van der Waals surface area contributed by atoms with E-state index in [1.807, 2.05) is 31.4 Å². The Morgan fingerprint density at radius 1 is 1.21 bits per heavy atom. The Kier molecular flexibility index (Phi) is 8.67. The van der Waals surface area contributed by atoms with Crippen LogP contribution >= 0.6 is 0 Å². The third-order valence-electron chi connectivity index (χ3n) is 6.04. The van der Waals surface area contributed by atoms with E-state index in [-0.39, 0.29) is 5.92 Å². The lowest BCUT2D eigenvalue weighted by Gasteiger charge is -2.20. The molecule has 0 saturated carbocycles. The number of rotatable bonds is 10. The van der Waals surface area contributed by atoms with Crippen LogP contribution in [0.5, 0.6) is 11.6 Å². The Hall–Kier alpha value is -3.37. The molecular weight excluding hydrogens is 424 g/mol. The summed E-state index contributed by atoms with van der Waals surface area (Å²) in [5, 5.41) is 14.2. The van der Waals surface area contributed by atoms with Gasteiger partial charge in [0.25, 0.3) is 0 Å². The van der Waals surface area contributed by atoms with E-state index >= 15 is 0 Å². The first kappa shape index (κ1) is 25.3. The fourth-order valence-corrected chi connectivity index (χ4v) is 4.11. The Morgan fingerprint density at radius 3 is 2.59 bits per heavy atom. The number of aromatic nitrogens is 2. The van der Waals surface area contributed by atoms with Crippen molar-refractivity contribution in [3.05, 3.63) is 58.8 Å². The lowest BCUT2D eigenvalue weighted by molar-refractivity contribution is 0.429. The number of benzene rings is 1. The first-order chi connectivity index (χ1) is 16.4. The molecule has 3 rings (SSSR count). The van der Waals surface area contributed by atoms with Crippen molar-refractivity contribution in [2.45, 2.75) is 47.0 Å². The van der Waals surface area contributed by atoms with Crippen LogP contribution < -0.4 is 15.4 Å². The highest BCUT2D eigenvalue weighted by atomic mass is 16.5. The highest BCUT2D eigenvalue weighted by Crippen LogP contribution is 2.33. The van der Waals surface area contributed by atoms with Gasteiger partial charge in [0, 0.05) is 43.9 Å². The predicted octanol–water partition coefficient (Wildman–Crippen LogP) is 5.33. The lowest BCUT2D eigenvalue weighted by Crippen LogP contribution is -2.25.